The number of carbonyl (C=O) groups excluding carboxylic acids is 3. The maximum atomic E-state index is 12.0. The molecule has 2 rings (SSSR count). The normalized spacial score (nSPS) is 9.88. The average Bonchev–Trinajstić information content (AvgIpc) is 2.61. The highest BCUT2D eigenvalue weighted by Gasteiger charge is 2.21. The van der Waals surface area contributed by atoms with E-state index in [0.29, 0.717) is 0 Å². The highest BCUT2D eigenvalue weighted by atomic mass is 16.6. The first-order valence-corrected chi connectivity index (χ1v) is 7.17. The lowest BCUT2D eigenvalue weighted by atomic mass is 10.1. The number of rotatable bonds is 4. The Morgan fingerprint density at radius 2 is 1.81 bits per heavy atom. The fraction of sp³-hybridized carbons (Fsp3) is 0.0625. The van der Waals surface area contributed by atoms with Crippen LogP contribution < -0.4 is 21.1 Å². The number of nitrogens with zero attached hydrogens (tertiary/aromatic N) is 1. The molecule has 0 radical (unpaired) electrons. The van der Waals surface area contributed by atoms with Gasteiger partial charge in [0.25, 0.3) is 11.6 Å². The predicted octanol–water partition coefficient (Wildman–Crippen LogP) is 1.08. The molecule has 0 spiro atoms. The van der Waals surface area contributed by atoms with Crippen LogP contribution in [0, 0.1) is 10.1 Å². The number of imide groups is 1. The average molecular weight is 358 g/mol. The van der Waals surface area contributed by atoms with E-state index >= 15 is 0 Å². The molecule has 3 amide bonds. The predicted molar refractivity (Wildman–Crippen MR) is 91.6 cm³/mol. The number of nitrogens with one attached hydrogen (secondary N) is 2. The van der Waals surface area contributed by atoms with Crippen LogP contribution in [0.15, 0.2) is 42.5 Å². The number of nitro benzene ring substituents is 1. The van der Waals surface area contributed by atoms with Gasteiger partial charge in [-0.05, 0) is 18.2 Å². The lowest BCUT2D eigenvalue weighted by Crippen LogP contribution is -2.39. The Labute approximate surface area is 147 Å². The molecule has 0 saturated carbocycles. The van der Waals surface area contributed by atoms with E-state index in [1.54, 1.807) is 12.1 Å². The van der Waals surface area contributed by atoms with Crippen LogP contribution in [0.4, 0.5) is 17.1 Å². The van der Waals surface area contributed by atoms with Gasteiger partial charge < -0.3 is 15.8 Å². The molecule has 0 fully saturated rings. The van der Waals surface area contributed by atoms with Crippen LogP contribution in [0.3, 0.4) is 0 Å². The largest absolute Gasteiger partial charge is 0.495 e. The Bertz CT molecular complexity index is 896. The van der Waals surface area contributed by atoms with Gasteiger partial charge in [0.05, 0.1) is 23.3 Å². The molecule has 0 atom stereocenters. The molecule has 0 unspecified atom stereocenters. The highest BCUT2D eigenvalue weighted by Crippen LogP contribution is 2.28. The summed E-state index contributed by atoms with van der Waals surface area (Å²) in [6.07, 6.45) is 0. The molecule has 0 aliphatic carbocycles. The lowest BCUT2D eigenvalue weighted by Gasteiger charge is -2.10. The summed E-state index contributed by atoms with van der Waals surface area (Å²) in [6.45, 7) is 0. The van der Waals surface area contributed by atoms with Crippen molar-refractivity contribution in [3.63, 3.8) is 0 Å². The van der Waals surface area contributed by atoms with E-state index in [9.17, 15) is 24.5 Å². The van der Waals surface area contributed by atoms with Crippen molar-refractivity contribution < 1.29 is 24.0 Å². The topological polar surface area (TPSA) is 154 Å². The zero-order valence-corrected chi connectivity index (χ0v) is 13.5. The van der Waals surface area contributed by atoms with E-state index in [2.05, 4.69) is 5.32 Å². The van der Waals surface area contributed by atoms with Crippen LogP contribution in [0.1, 0.15) is 10.4 Å². The molecule has 0 saturated heterocycles. The number of nitrogen functional groups attached to an aromatic ring is 1. The minimum Gasteiger partial charge on any atom is -0.495 e. The van der Waals surface area contributed by atoms with Gasteiger partial charge in [-0.25, -0.2) is 0 Å². The number of carbonyl (C=O) groups is 3. The van der Waals surface area contributed by atoms with Crippen LogP contribution in [0.2, 0.25) is 0 Å². The van der Waals surface area contributed by atoms with Crippen molar-refractivity contribution in [1.82, 2.24) is 5.32 Å². The number of anilines is 2. The quantitative estimate of drug-likeness (QED) is 0.320. The van der Waals surface area contributed by atoms with Gasteiger partial charge in [0, 0.05) is 17.8 Å². The number of benzene rings is 2. The van der Waals surface area contributed by atoms with Crippen molar-refractivity contribution in [2.24, 2.45) is 0 Å². The third kappa shape index (κ3) is 4.12. The summed E-state index contributed by atoms with van der Waals surface area (Å²) in [5, 5.41) is 14.9. The third-order valence-corrected chi connectivity index (χ3v) is 3.28. The SMILES string of the molecule is COc1ccc([N+](=O)[O-])cc1NC(=O)C(=O)NC(=O)c1ccccc1N. The molecule has 10 nitrogen and oxygen atoms in total. The van der Waals surface area contributed by atoms with Crippen molar-refractivity contribution >= 4 is 34.8 Å². The van der Waals surface area contributed by atoms with Gasteiger partial charge in [0.2, 0.25) is 0 Å². The number of amides is 3. The third-order valence-electron chi connectivity index (χ3n) is 3.28. The van der Waals surface area contributed by atoms with E-state index < -0.39 is 22.6 Å². The molecule has 2 aromatic carbocycles. The first-order valence-electron chi connectivity index (χ1n) is 7.17. The van der Waals surface area contributed by atoms with E-state index in [4.69, 9.17) is 10.5 Å². The molecule has 0 aliphatic rings. The summed E-state index contributed by atoms with van der Waals surface area (Å²) in [4.78, 5) is 46.0. The van der Waals surface area contributed by atoms with E-state index in [-0.39, 0.29) is 28.4 Å². The van der Waals surface area contributed by atoms with Gasteiger partial charge in [0.1, 0.15) is 5.75 Å². The molecule has 10 heteroatoms. The Balaban J connectivity index is 2.13. The second-order valence-electron chi connectivity index (χ2n) is 4.97. The molecule has 26 heavy (non-hydrogen) atoms. The van der Waals surface area contributed by atoms with Crippen LogP contribution in [0.5, 0.6) is 5.75 Å². The number of methoxy groups -OCH3 is 1. The summed E-state index contributed by atoms with van der Waals surface area (Å²) in [6, 6.07) is 9.48. The monoisotopic (exact) mass is 358 g/mol. The summed E-state index contributed by atoms with van der Waals surface area (Å²) in [7, 11) is 1.29. The lowest BCUT2D eigenvalue weighted by molar-refractivity contribution is -0.384. The van der Waals surface area contributed by atoms with Crippen molar-refractivity contribution in [2.45, 2.75) is 0 Å². The van der Waals surface area contributed by atoms with E-state index in [1.165, 1.54) is 31.4 Å². The summed E-state index contributed by atoms with van der Waals surface area (Å²) in [5.41, 5.74) is 5.39. The zero-order valence-electron chi connectivity index (χ0n) is 13.5. The fourth-order valence-corrected chi connectivity index (χ4v) is 2.02. The number of ether oxygens (including phenoxy) is 1. The molecule has 4 N–H and O–H groups in total. The van der Waals surface area contributed by atoms with Crippen molar-refractivity contribution in [3.8, 4) is 5.75 Å². The first kappa shape index (κ1) is 18.4. The highest BCUT2D eigenvalue weighted by molar-refractivity contribution is 6.42. The number of para-hydroxylation sites is 1. The van der Waals surface area contributed by atoms with Crippen LogP contribution in [0.25, 0.3) is 0 Å². The maximum absolute atomic E-state index is 12.0. The molecule has 0 aliphatic heterocycles. The van der Waals surface area contributed by atoms with Gasteiger partial charge >= 0.3 is 11.8 Å². The number of hydrogen-bond donors (Lipinski definition) is 3. The standard InChI is InChI=1S/C16H14N4O6/c1-26-13-7-6-9(20(24)25)8-12(13)18-15(22)16(23)19-14(21)10-4-2-3-5-11(10)17/h2-8H,17H2,1H3,(H,18,22)(H,19,21,23). The van der Waals surface area contributed by atoms with Crippen molar-refractivity contribution in [1.29, 1.82) is 0 Å². The summed E-state index contributed by atoms with van der Waals surface area (Å²) >= 11 is 0. The van der Waals surface area contributed by atoms with Crippen LogP contribution >= 0.6 is 0 Å². The fourth-order valence-electron chi connectivity index (χ4n) is 2.02. The minimum absolute atomic E-state index is 0.0292. The Hall–Kier alpha value is -3.95. The first-order chi connectivity index (χ1) is 12.3. The molecular weight excluding hydrogens is 344 g/mol. The second-order valence-corrected chi connectivity index (χ2v) is 4.97. The number of non-ortho nitro benzene ring substituents is 1. The molecule has 2 aromatic rings. The molecule has 0 bridgehead atoms. The van der Waals surface area contributed by atoms with Crippen molar-refractivity contribution in [2.75, 3.05) is 18.2 Å². The summed E-state index contributed by atoms with van der Waals surface area (Å²) in [5.74, 6) is -3.21. The Morgan fingerprint density at radius 1 is 1.12 bits per heavy atom. The second kappa shape index (κ2) is 7.75. The van der Waals surface area contributed by atoms with Crippen molar-refractivity contribution in [3.05, 3.63) is 58.1 Å². The van der Waals surface area contributed by atoms with Gasteiger partial charge in [-0.15, -0.1) is 0 Å². The van der Waals surface area contributed by atoms with E-state index in [0.717, 1.165) is 6.07 Å². The number of nitro groups is 1. The van der Waals surface area contributed by atoms with Crippen LogP contribution in [-0.4, -0.2) is 29.8 Å². The van der Waals surface area contributed by atoms with Gasteiger partial charge in [0.15, 0.2) is 0 Å². The molecule has 0 aromatic heterocycles. The number of hydrogen-bond acceptors (Lipinski definition) is 7. The minimum atomic E-state index is -1.26. The summed E-state index contributed by atoms with van der Waals surface area (Å²) < 4.78 is 4.97. The van der Waals surface area contributed by atoms with Gasteiger partial charge in [-0.2, -0.15) is 0 Å². The zero-order chi connectivity index (χ0) is 19.3. The molecule has 0 heterocycles. The molecular formula is C16H14N4O6. The molecule has 134 valence electrons. The Kier molecular flexibility index (Phi) is 5.48. The van der Waals surface area contributed by atoms with E-state index in [1.807, 2.05) is 5.32 Å². The maximum Gasteiger partial charge on any atom is 0.316 e. The van der Waals surface area contributed by atoms with Gasteiger partial charge in [-0.1, -0.05) is 12.1 Å². The Morgan fingerprint density at radius 3 is 2.42 bits per heavy atom. The smallest absolute Gasteiger partial charge is 0.316 e. The van der Waals surface area contributed by atoms with Gasteiger partial charge in [-0.3, -0.25) is 29.8 Å². The van der Waals surface area contributed by atoms with Crippen LogP contribution in [-0.2, 0) is 9.59 Å². The number of nitrogens with two attached hydrogens (primary N) is 1.